The van der Waals surface area contributed by atoms with Gasteiger partial charge in [-0.1, -0.05) is 42.5 Å². The standard InChI is InChI=1S/C15H16N2O/c1-17(16)14(18)15(9-10-15)13-8-4-6-11-5-2-3-7-12(11)13/h2-8H,9-10,16H2,1H3. The molecule has 1 aliphatic rings. The summed E-state index contributed by atoms with van der Waals surface area (Å²) in [7, 11) is 1.62. The quantitative estimate of drug-likeness (QED) is 0.497. The maximum atomic E-state index is 12.3. The number of benzene rings is 2. The Labute approximate surface area is 106 Å². The zero-order valence-electron chi connectivity index (χ0n) is 10.4. The molecule has 1 fully saturated rings. The van der Waals surface area contributed by atoms with Gasteiger partial charge in [-0.3, -0.25) is 9.80 Å². The van der Waals surface area contributed by atoms with Gasteiger partial charge in [0.2, 0.25) is 5.91 Å². The van der Waals surface area contributed by atoms with Gasteiger partial charge in [0, 0.05) is 7.05 Å². The van der Waals surface area contributed by atoms with Crippen LogP contribution in [0, 0.1) is 0 Å². The summed E-state index contributed by atoms with van der Waals surface area (Å²) in [6.07, 6.45) is 1.78. The van der Waals surface area contributed by atoms with E-state index < -0.39 is 0 Å². The van der Waals surface area contributed by atoms with E-state index in [9.17, 15) is 4.79 Å². The zero-order chi connectivity index (χ0) is 12.8. The number of hydrogen-bond acceptors (Lipinski definition) is 2. The van der Waals surface area contributed by atoms with Crippen molar-refractivity contribution in [1.82, 2.24) is 5.01 Å². The molecule has 3 heteroatoms. The monoisotopic (exact) mass is 240 g/mol. The van der Waals surface area contributed by atoms with Crippen molar-refractivity contribution in [3.63, 3.8) is 0 Å². The van der Waals surface area contributed by atoms with Gasteiger partial charge in [0.05, 0.1) is 5.41 Å². The normalized spacial score (nSPS) is 16.6. The minimum Gasteiger partial charge on any atom is -0.283 e. The maximum absolute atomic E-state index is 12.3. The summed E-state index contributed by atoms with van der Waals surface area (Å²) in [6.45, 7) is 0. The van der Waals surface area contributed by atoms with Crippen molar-refractivity contribution in [2.24, 2.45) is 5.84 Å². The molecule has 1 saturated carbocycles. The van der Waals surface area contributed by atoms with Crippen LogP contribution in [0.15, 0.2) is 42.5 Å². The number of amides is 1. The van der Waals surface area contributed by atoms with Crippen LogP contribution < -0.4 is 5.84 Å². The van der Waals surface area contributed by atoms with E-state index in [0.29, 0.717) is 0 Å². The van der Waals surface area contributed by atoms with E-state index in [2.05, 4.69) is 24.3 Å². The van der Waals surface area contributed by atoms with E-state index in [0.717, 1.165) is 23.8 Å². The predicted octanol–water partition coefficient (Wildman–Crippen LogP) is 2.20. The molecule has 2 aromatic rings. The minimum absolute atomic E-state index is 0.0128. The van der Waals surface area contributed by atoms with Gasteiger partial charge < -0.3 is 0 Å². The molecule has 0 bridgehead atoms. The highest BCUT2D eigenvalue weighted by Gasteiger charge is 2.52. The molecule has 0 aliphatic heterocycles. The number of hydrazine groups is 1. The van der Waals surface area contributed by atoms with Crippen LogP contribution in [-0.4, -0.2) is 18.0 Å². The molecule has 0 unspecified atom stereocenters. The Kier molecular flexibility index (Phi) is 2.38. The van der Waals surface area contributed by atoms with Gasteiger partial charge in [0.1, 0.15) is 0 Å². The van der Waals surface area contributed by atoms with Crippen LogP contribution in [0.5, 0.6) is 0 Å². The molecule has 1 aliphatic carbocycles. The van der Waals surface area contributed by atoms with E-state index >= 15 is 0 Å². The summed E-state index contributed by atoms with van der Waals surface area (Å²) < 4.78 is 0. The molecule has 92 valence electrons. The first-order chi connectivity index (χ1) is 8.65. The Hall–Kier alpha value is -1.87. The SMILES string of the molecule is CN(N)C(=O)C1(c2cccc3ccccc23)CC1. The third-order valence-corrected chi connectivity index (χ3v) is 3.78. The number of hydrogen-bond donors (Lipinski definition) is 1. The fraction of sp³-hybridized carbons (Fsp3) is 0.267. The predicted molar refractivity (Wildman–Crippen MR) is 71.8 cm³/mol. The van der Waals surface area contributed by atoms with Crippen LogP contribution in [0.1, 0.15) is 18.4 Å². The summed E-state index contributed by atoms with van der Waals surface area (Å²) in [4.78, 5) is 12.3. The largest absolute Gasteiger partial charge is 0.283 e. The molecule has 1 amide bonds. The highest BCUT2D eigenvalue weighted by molar-refractivity contribution is 5.97. The summed E-state index contributed by atoms with van der Waals surface area (Å²) in [6, 6.07) is 14.3. The lowest BCUT2D eigenvalue weighted by atomic mass is 9.90. The van der Waals surface area contributed by atoms with Gasteiger partial charge in [-0.25, -0.2) is 5.84 Å². The van der Waals surface area contributed by atoms with Crippen molar-refractivity contribution in [2.45, 2.75) is 18.3 Å². The molecular formula is C15H16N2O. The Morgan fingerprint density at radius 2 is 1.83 bits per heavy atom. The number of carbonyl (C=O) groups is 1. The lowest BCUT2D eigenvalue weighted by Gasteiger charge is -2.21. The van der Waals surface area contributed by atoms with Crippen LogP contribution in [0.3, 0.4) is 0 Å². The highest BCUT2D eigenvalue weighted by atomic mass is 16.2. The maximum Gasteiger partial charge on any atom is 0.246 e. The van der Waals surface area contributed by atoms with Gasteiger partial charge in [-0.05, 0) is 29.2 Å². The third kappa shape index (κ3) is 1.51. The number of nitrogens with two attached hydrogens (primary N) is 1. The van der Waals surface area contributed by atoms with E-state index in [1.54, 1.807) is 7.05 Å². The summed E-state index contributed by atoms with van der Waals surface area (Å²) in [5, 5.41) is 3.55. The number of fused-ring (bicyclic) bond motifs is 1. The minimum atomic E-state index is -0.385. The number of carbonyl (C=O) groups excluding carboxylic acids is 1. The molecule has 2 aromatic carbocycles. The van der Waals surface area contributed by atoms with Crippen LogP contribution >= 0.6 is 0 Å². The van der Waals surface area contributed by atoms with Crippen molar-refractivity contribution in [2.75, 3.05) is 7.05 Å². The summed E-state index contributed by atoms with van der Waals surface area (Å²) >= 11 is 0. The van der Waals surface area contributed by atoms with Gasteiger partial charge >= 0.3 is 0 Å². The van der Waals surface area contributed by atoms with Crippen molar-refractivity contribution in [1.29, 1.82) is 0 Å². The first-order valence-corrected chi connectivity index (χ1v) is 6.16. The fourth-order valence-corrected chi connectivity index (χ4v) is 2.70. The molecule has 18 heavy (non-hydrogen) atoms. The van der Waals surface area contributed by atoms with Crippen molar-refractivity contribution in [3.05, 3.63) is 48.0 Å². The van der Waals surface area contributed by atoms with Crippen LogP contribution in [0.2, 0.25) is 0 Å². The molecule has 2 N–H and O–H groups in total. The first kappa shape index (κ1) is 11.2. The molecule has 3 rings (SSSR count). The van der Waals surface area contributed by atoms with Gasteiger partial charge in [0.25, 0.3) is 0 Å². The lowest BCUT2D eigenvalue weighted by molar-refractivity contribution is -0.132. The molecule has 0 radical (unpaired) electrons. The van der Waals surface area contributed by atoms with Crippen LogP contribution in [-0.2, 0) is 10.2 Å². The summed E-state index contributed by atoms with van der Waals surface area (Å²) in [5.74, 6) is 5.64. The molecule has 0 spiro atoms. The van der Waals surface area contributed by atoms with E-state index in [1.807, 2.05) is 18.2 Å². The smallest absolute Gasteiger partial charge is 0.246 e. The lowest BCUT2D eigenvalue weighted by Crippen LogP contribution is -2.41. The van der Waals surface area contributed by atoms with Crippen LogP contribution in [0.25, 0.3) is 10.8 Å². The first-order valence-electron chi connectivity index (χ1n) is 6.16. The number of likely N-dealkylation sites (N-methyl/N-ethyl adjacent to an activating group) is 1. The van der Waals surface area contributed by atoms with E-state index in [4.69, 9.17) is 5.84 Å². The van der Waals surface area contributed by atoms with E-state index in [-0.39, 0.29) is 11.3 Å². The Morgan fingerprint density at radius 3 is 2.50 bits per heavy atom. The number of rotatable bonds is 2. The van der Waals surface area contributed by atoms with Gasteiger partial charge in [-0.15, -0.1) is 0 Å². The second-order valence-electron chi connectivity index (χ2n) is 5.02. The topological polar surface area (TPSA) is 46.3 Å². The molecule has 0 atom stereocenters. The number of nitrogens with zero attached hydrogens (tertiary/aromatic N) is 1. The third-order valence-electron chi connectivity index (χ3n) is 3.78. The fourth-order valence-electron chi connectivity index (χ4n) is 2.70. The van der Waals surface area contributed by atoms with Gasteiger partial charge in [0.15, 0.2) is 0 Å². The molecular weight excluding hydrogens is 224 g/mol. The molecule has 0 aromatic heterocycles. The summed E-state index contributed by atoms with van der Waals surface area (Å²) in [5.41, 5.74) is 0.729. The zero-order valence-corrected chi connectivity index (χ0v) is 10.4. The highest BCUT2D eigenvalue weighted by Crippen LogP contribution is 2.51. The Bertz CT molecular complexity index is 609. The van der Waals surface area contributed by atoms with E-state index in [1.165, 1.54) is 10.4 Å². The Balaban J connectivity index is 2.18. The second kappa shape index (κ2) is 3.82. The molecule has 0 heterocycles. The van der Waals surface area contributed by atoms with Crippen molar-refractivity contribution in [3.8, 4) is 0 Å². The second-order valence-corrected chi connectivity index (χ2v) is 5.02. The van der Waals surface area contributed by atoms with Gasteiger partial charge in [-0.2, -0.15) is 0 Å². The average Bonchev–Trinajstić information content (AvgIpc) is 3.18. The Morgan fingerprint density at radius 1 is 1.17 bits per heavy atom. The van der Waals surface area contributed by atoms with Crippen molar-refractivity contribution < 1.29 is 4.79 Å². The van der Waals surface area contributed by atoms with Crippen molar-refractivity contribution >= 4 is 16.7 Å². The molecule has 3 nitrogen and oxygen atoms in total. The van der Waals surface area contributed by atoms with Crippen LogP contribution in [0.4, 0.5) is 0 Å². The average molecular weight is 240 g/mol. The molecule has 0 saturated heterocycles.